The van der Waals surface area contributed by atoms with Crippen LogP contribution in [0, 0.1) is 0 Å². The molecule has 0 amide bonds. The maximum absolute atomic E-state index is 5.82. The molecule has 2 aliphatic heterocycles. The fourth-order valence-corrected chi connectivity index (χ4v) is 3.75. The van der Waals surface area contributed by atoms with Gasteiger partial charge in [-0.05, 0) is 38.1 Å². The van der Waals surface area contributed by atoms with Gasteiger partial charge >= 0.3 is 0 Å². The molecule has 2 fully saturated rings. The van der Waals surface area contributed by atoms with Crippen molar-refractivity contribution >= 4 is 17.3 Å². The number of benzene rings is 1. The summed E-state index contributed by atoms with van der Waals surface area (Å²) in [6.07, 6.45) is 4.33. The second-order valence-corrected chi connectivity index (χ2v) is 7.55. The zero-order valence-corrected chi connectivity index (χ0v) is 16.7. The summed E-state index contributed by atoms with van der Waals surface area (Å²) in [6, 6.07) is 8.60. The third-order valence-electron chi connectivity index (χ3n) is 5.13. The molecule has 3 heterocycles. The number of nitrogens with zero attached hydrogens (tertiary/aromatic N) is 4. The number of morpholine rings is 2. The lowest BCUT2D eigenvalue weighted by atomic mass is 10.2. The molecule has 0 saturated carbocycles. The van der Waals surface area contributed by atoms with Gasteiger partial charge in [0.2, 0.25) is 5.95 Å². The first-order valence-electron chi connectivity index (χ1n) is 10.1. The largest absolute Gasteiger partial charge is 0.381 e. The third-order valence-corrected chi connectivity index (χ3v) is 5.13. The van der Waals surface area contributed by atoms with E-state index in [1.807, 2.05) is 12.4 Å². The summed E-state index contributed by atoms with van der Waals surface area (Å²) in [5, 5.41) is 3.45. The lowest BCUT2D eigenvalue weighted by molar-refractivity contribution is -0.00521. The van der Waals surface area contributed by atoms with Crippen molar-refractivity contribution in [1.29, 1.82) is 0 Å². The van der Waals surface area contributed by atoms with Crippen molar-refractivity contribution in [3.05, 3.63) is 42.2 Å². The highest BCUT2D eigenvalue weighted by atomic mass is 16.5. The summed E-state index contributed by atoms with van der Waals surface area (Å²) in [5.74, 6) is 0.783. The Hall–Kier alpha value is -2.38. The minimum Gasteiger partial charge on any atom is -0.381 e. The molecule has 0 radical (unpaired) electrons. The van der Waals surface area contributed by atoms with Gasteiger partial charge in [0.15, 0.2) is 0 Å². The van der Waals surface area contributed by atoms with E-state index < -0.39 is 0 Å². The van der Waals surface area contributed by atoms with Crippen molar-refractivity contribution in [3.63, 3.8) is 0 Å². The highest BCUT2D eigenvalue weighted by Gasteiger charge is 2.22. The molecule has 2 atom stereocenters. The summed E-state index contributed by atoms with van der Waals surface area (Å²) in [6.45, 7) is 10.0. The normalized spacial score (nSPS) is 22.9. The van der Waals surface area contributed by atoms with E-state index in [1.165, 1.54) is 5.69 Å². The summed E-state index contributed by atoms with van der Waals surface area (Å²) in [7, 11) is 0. The van der Waals surface area contributed by atoms with Gasteiger partial charge in [-0.15, -0.1) is 0 Å². The van der Waals surface area contributed by atoms with Crippen LogP contribution in [0.3, 0.4) is 0 Å². The molecule has 0 unspecified atom stereocenters. The van der Waals surface area contributed by atoms with Crippen LogP contribution in [0.5, 0.6) is 0 Å². The van der Waals surface area contributed by atoms with E-state index in [4.69, 9.17) is 9.47 Å². The molecule has 0 spiro atoms. The van der Waals surface area contributed by atoms with Crippen LogP contribution in [0.25, 0.3) is 0 Å². The van der Waals surface area contributed by atoms with E-state index in [0.29, 0.717) is 6.54 Å². The van der Waals surface area contributed by atoms with Crippen LogP contribution < -0.4 is 15.1 Å². The van der Waals surface area contributed by atoms with Crippen LogP contribution >= 0.6 is 0 Å². The molecule has 1 aromatic carbocycles. The molecule has 4 rings (SSSR count). The number of anilines is 3. The lowest BCUT2D eigenvalue weighted by Gasteiger charge is -2.36. The van der Waals surface area contributed by atoms with Gasteiger partial charge in [-0.25, -0.2) is 9.97 Å². The maximum atomic E-state index is 5.82. The van der Waals surface area contributed by atoms with E-state index in [-0.39, 0.29) is 12.2 Å². The predicted octanol–water partition coefficient (Wildman–Crippen LogP) is 2.54. The Balaban J connectivity index is 1.31. The highest BCUT2D eigenvalue weighted by molar-refractivity contribution is 5.55. The quantitative estimate of drug-likeness (QED) is 0.851. The molecule has 0 aliphatic carbocycles. The predicted molar refractivity (Wildman–Crippen MR) is 111 cm³/mol. The Bertz CT molecular complexity index is 736. The average Bonchev–Trinajstić information content (AvgIpc) is 2.73. The molecule has 1 N–H and O–H groups in total. The van der Waals surface area contributed by atoms with Crippen LogP contribution in [0.15, 0.2) is 36.7 Å². The molecule has 2 aromatic rings. The lowest BCUT2D eigenvalue weighted by Crippen LogP contribution is -2.45. The van der Waals surface area contributed by atoms with Crippen molar-refractivity contribution in [1.82, 2.24) is 9.97 Å². The fraction of sp³-hybridized carbons (Fsp3) is 0.524. The van der Waals surface area contributed by atoms with Gasteiger partial charge in [-0.2, -0.15) is 0 Å². The Morgan fingerprint density at radius 1 is 0.964 bits per heavy atom. The average molecular weight is 383 g/mol. The topological polar surface area (TPSA) is 62.8 Å². The molecular weight excluding hydrogens is 354 g/mol. The number of aromatic nitrogens is 2. The molecular formula is C21H29N5O2. The number of rotatable bonds is 5. The van der Waals surface area contributed by atoms with Crippen molar-refractivity contribution < 1.29 is 9.47 Å². The summed E-state index contributed by atoms with van der Waals surface area (Å²) < 4.78 is 11.2. The molecule has 150 valence electrons. The molecule has 1 aromatic heterocycles. The standard InChI is InChI=1S/C21H29N5O2/c1-16-14-26(15-17(2)28-16)20-5-3-19(4-6-20)22-11-18-12-23-21(24-13-18)25-7-9-27-10-8-25/h3-6,12-13,16-17,22H,7-11,14-15H2,1-2H3/t16-,17-/m1/s1. The maximum Gasteiger partial charge on any atom is 0.225 e. The molecule has 7 heteroatoms. The van der Waals surface area contributed by atoms with Crippen molar-refractivity contribution in [2.45, 2.75) is 32.6 Å². The highest BCUT2D eigenvalue weighted by Crippen LogP contribution is 2.22. The van der Waals surface area contributed by atoms with Crippen LogP contribution in [0.4, 0.5) is 17.3 Å². The molecule has 7 nitrogen and oxygen atoms in total. The second-order valence-electron chi connectivity index (χ2n) is 7.55. The number of hydrogen-bond acceptors (Lipinski definition) is 7. The monoisotopic (exact) mass is 383 g/mol. The molecule has 2 aliphatic rings. The van der Waals surface area contributed by atoms with Crippen LogP contribution in [-0.2, 0) is 16.0 Å². The van der Waals surface area contributed by atoms with Gasteiger partial charge in [0.05, 0.1) is 25.4 Å². The smallest absolute Gasteiger partial charge is 0.225 e. The molecule has 28 heavy (non-hydrogen) atoms. The van der Waals surface area contributed by atoms with E-state index in [1.54, 1.807) is 0 Å². The van der Waals surface area contributed by atoms with Crippen molar-refractivity contribution in [2.75, 3.05) is 54.5 Å². The summed E-state index contributed by atoms with van der Waals surface area (Å²) in [5.41, 5.74) is 3.40. The van der Waals surface area contributed by atoms with Crippen LogP contribution in [-0.4, -0.2) is 61.6 Å². The third kappa shape index (κ3) is 4.72. The van der Waals surface area contributed by atoms with Gasteiger partial charge in [0, 0.05) is 62.1 Å². The Kier molecular flexibility index (Phi) is 5.92. The number of ether oxygens (including phenoxy) is 2. The first kappa shape index (κ1) is 19.0. The Morgan fingerprint density at radius 2 is 1.61 bits per heavy atom. The first-order valence-corrected chi connectivity index (χ1v) is 10.1. The van der Waals surface area contributed by atoms with E-state index in [2.05, 4.69) is 63.2 Å². The molecule has 2 saturated heterocycles. The fourth-order valence-electron chi connectivity index (χ4n) is 3.75. The summed E-state index contributed by atoms with van der Waals surface area (Å²) >= 11 is 0. The van der Waals surface area contributed by atoms with Gasteiger partial charge in [-0.1, -0.05) is 0 Å². The second kappa shape index (κ2) is 8.75. The minimum atomic E-state index is 0.266. The SMILES string of the molecule is C[C@@H]1CN(c2ccc(NCc3cnc(N4CCOCC4)nc3)cc2)C[C@@H](C)O1. The summed E-state index contributed by atoms with van der Waals surface area (Å²) in [4.78, 5) is 13.6. The Labute approximate surface area is 166 Å². The molecule has 0 bridgehead atoms. The van der Waals surface area contributed by atoms with Gasteiger partial charge in [0.25, 0.3) is 0 Å². The van der Waals surface area contributed by atoms with Gasteiger partial charge < -0.3 is 24.6 Å². The van der Waals surface area contributed by atoms with Crippen LogP contribution in [0.1, 0.15) is 19.4 Å². The van der Waals surface area contributed by atoms with Crippen molar-refractivity contribution in [3.8, 4) is 0 Å². The first-order chi connectivity index (χ1) is 13.7. The van der Waals surface area contributed by atoms with E-state index in [0.717, 1.165) is 56.6 Å². The zero-order chi connectivity index (χ0) is 19.3. The number of hydrogen-bond donors (Lipinski definition) is 1. The van der Waals surface area contributed by atoms with E-state index >= 15 is 0 Å². The van der Waals surface area contributed by atoms with E-state index in [9.17, 15) is 0 Å². The van der Waals surface area contributed by atoms with Gasteiger partial charge in [0.1, 0.15) is 0 Å². The van der Waals surface area contributed by atoms with Crippen molar-refractivity contribution in [2.24, 2.45) is 0 Å². The van der Waals surface area contributed by atoms with Crippen LogP contribution in [0.2, 0.25) is 0 Å². The Morgan fingerprint density at radius 3 is 2.25 bits per heavy atom. The zero-order valence-electron chi connectivity index (χ0n) is 16.7. The number of nitrogens with one attached hydrogen (secondary N) is 1. The minimum absolute atomic E-state index is 0.266. The van der Waals surface area contributed by atoms with Gasteiger partial charge in [-0.3, -0.25) is 0 Å².